The molecule has 0 radical (unpaired) electrons. The number of nitrogens with zero attached hydrogens (tertiary/aromatic N) is 2. The number of carbonyl (C=O) groups is 2. The molecule has 0 bridgehead atoms. The molecular formula is C17H24N2O3. The van der Waals surface area contributed by atoms with E-state index in [9.17, 15) is 9.59 Å². The van der Waals surface area contributed by atoms with Crippen molar-refractivity contribution in [2.75, 3.05) is 27.2 Å². The van der Waals surface area contributed by atoms with Crippen LogP contribution in [0.15, 0.2) is 24.3 Å². The lowest BCUT2D eigenvalue weighted by Crippen LogP contribution is -2.43. The minimum absolute atomic E-state index is 0.00777. The second-order valence-electron chi connectivity index (χ2n) is 6.09. The minimum atomic E-state index is -0.150. The van der Waals surface area contributed by atoms with Gasteiger partial charge in [0, 0.05) is 39.0 Å². The lowest BCUT2D eigenvalue weighted by atomic mass is 10.0. The fourth-order valence-electron chi connectivity index (χ4n) is 2.61. The lowest BCUT2D eigenvalue weighted by Gasteiger charge is -2.30. The molecule has 120 valence electrons. The van der Waals surface area contributed by atoms with Gasteiger partial charge < -0.3 is 14.5 Å². The molecule has 0 saturated carbocycles. The van der Waals surface area contributed by atoms with Gasteiger partial charge in [-0.05, 0) is 6.07 Å². The van der Waals surface area contributed by atoms with Crippen LogP contribution in [0.4, 0.5) is 0 Å². The van der Waals surface area contributed by atoms with Crippen LogP contribution in [0.1, 0.15) is 19.4 Å². The summed E-state index contributed by atoms with van der Waals surface area (Å²) >= 11 is 0. The van der Waals surface area contributed by atoms with Crippen LogP contribution in [0, 0.1) is 5.92 Å². The number of hydrogen-bond acceptors (Lipinski definition) is 3. The quantitative estimate of drug-likeness (QED) is 0.833. The molecule has 0 unspecified atom stereocenters. The fraction of sp³-hybridized carbons (Fsp3) is 0.529. The molecule has 0 saturated heterocycles. The molecule has 1 aliphatic rings. The van der Waals surface area contributed by atoms with Crippen LogP contribution >= 0.6 is 0 Å². The van der Waals surface area contributed by atoms with Crippen molar-refractivity contribution in [1.29, 1.82) is 0 Å². The van der Waals surface area contributed by atoms with Gasteiger partial charge in [-0.15, -0.1) is 0 Å². The summed E-state index contributed by atoms with van der Waals surface area (Å²) in [6, 6.07) is 7.62. The van der Waals surface area contributed by atoms with Crippen LogP contribution in [-0.4, -0.2) is 54.9 Å². The van der Waals surface area contributed by atoms with Gasteiger partial charge in [-0.1, -0.05) is 25.1 Å². The second kappa shape index (κ2) is 6.81. The summed E-state index contributed by atoms with van der Waals surface area (Å²) < 4.78 is 6.17. The summed E-state index contributed by atoms with van der Waals surface area (Å²) in [6.07, 6.45) is 0.192. The molecule has 0 fully saturated rings. The van der Waals surface area contributed by atoms with E-state index in [-0.39, 0.29) is 23.8 Å². The highest BCUT2D eigenvalue weighted by Crippen LogP contribution is 2.25. The average molecular weight is 304 g/mol. The fourth-order valence-corrected chi connectivity index (χ4v) is 2.61. The Bertz CT molecular complexity index is 559. The average Bonchev–Trinajstić information content (AvgIpc) is 2.50. The standard InChI is InChI=1S/C17H24N2O3/c1-12-10-19(4)17(21)9-14-7-5-6-8-15(14)22-16(12)11-18(3)13(2)20/h5-8,12,16H,9-11H2,1-4H3/t12-,16+/m1/s1. The monoisotopic (exact) mass is 304 g/mol. The Morgan fingerprint density at radius 1 is 1.41 bits per heavy atom. The summed E-state index contributed by atoms with van der Waals surface area (Å²) in [6.45, 7) is 4.72. The number of likely N-dealkylation sites (N-methyl/N-ethyl adjacent to an activating group) is 2. The molecule has 22 heavy (non-hydrogen) atoms. The van der Waals surface area contributed by atoms with Crippen LogP contribution in [0.25, 0.3) is 0 Å². The van der Waals surface area contributed by atoms with Crippen LogP contribution < -0.4 is 4.74 Å². The van der Waals surface area contributed by atoms with Crippen molar-refractivity contribution in [3.05, 3.63) is 29.8 Å². The molecule has 0 N–H and O–H groups in total. The van der Waals surface area contributed by atoms with E-state index in [0.29, 0.717) is 19.5 Å². The maximum atomic E-state index is 12.3. The van der Waals surface area contributed by atoms with Crippen molar-refractivity contribution >= 4 is 11.8 Å². The van der Waals surface area contributed by atoms with E-state index >= 15 is 0 Å². The Labute approximate surface area is 131 Å². The molecule has 5 heteroatoms. The predicted molar refractivity (Wildman–Crippen MR) is 84.7 cm³/mol. The van der Waals surface area contributed by atoms with E-state index < -0.39 is 0 Å². The molecule has 0 aliphatic carbocycles. The van der Waals surface area contributed by atoms with Crippen molar-refractivity contribution in [2.24, 2.45) is 5.92 Å². The van der Waals surface area contributed by atoms with E-state index in [2.05, 4.69) is 6.92 Å². The highest BCUT2D eigenvalue weighted by atomic mass is 16.5. The van der Waals surface area contributed by atoms with E-state index in [0.717, 1.165) is 11.3 Å². The molecule has 5 nitrogen and oxygen atoms in total. The molecule has 1 aliphatic heterocycles. The minimum Gasteiger partial charge on any atom is -0.488 e. The summed E-state index contributed by atoms with van der Waals surface area (Å²) in [5, 5.41) is 0. The first kappa shape index (κ1) is 16.3. The van der Waals surface area contributed by atoms with Gasteiger partial charge in [-0.2, -0.15) is 0 Å². The Morgan fingerprint density at radius 3 is 2.77 bits per heavy atom. The summed E-state index contributed by atoms with van der Waals surface area (Å²) in [7, 11) is 3.59. The first-order valence-corrected chi connectivity index (χ1v) is 7.58. The second-order valence-corrected chi connectivity index (χ2v) is 6.09. The van der Waals surface area contributed by atoms with Crippen molar-refractivity contribution < 1.29 is 14.3 Å². The van der Waals surface area contributed by atoms with E-state index in [1.807, 2.05) is 31.3 Å². The smallest absolute Gasteiger partial charge is 0.226 e. The zero-order valence-corrected chi connectivity index (χ0v) is 13.7. The highest BCUT2D eigenvalue weighted by Gasteiger charge is 2.27. The number of rotatable bonds is 2. The number of hydrogen-bond donors (Lipinski definition) is 0. The Kier molecular flexibility index (Phi) is 5.06. The summed E-state index contributed by atoms with van der Waals surface area (Å²) in [5.41, 5.74) is 0.893. The van der Waals surface area contributed by atoms with Crippen molar-refractivity contribution in [1.82, 2.24) is 9.80 Å². The van der Waals surface area contributed by atoms with Crippen LogP contribution in [0.2, 0.25) is 0 Å². The Morgan fingerprint density at radius 2 is 2.09 bits per heavy atom. The van der Waals surface area contributed by atoms with Crippen LogP contribution in [-0.2, 0) is 16.0 Å². The summed E-state index contributed by atoms with van der Waals surface area (Å²) in [4.78, 5) is 27.2. The van der Waals surface area contributed by atoms with E-state index in [1.165, 1.54) is 0 Å². The van der Waals surface area contributed by atoms with Gasteiger partial charge in [0.05, 0.1) is 13.0 Å². The predicted octanol–water partition coefficient (Wildman–Crippen LogP) is 1.56. The number of ether oxygens (including phenoxy) is 1. The van der Waals surface area contributed by atoms with Crippen molar-refractivity contribution in [2.45, 2.75) is 26.4 Å². The molecule has 2 amide bonds. The number of carbonyl (C=O) groups excluding carboxylic acids is 2. The Hall–Kier alpha value is -2.04. The largest absolute Gasteiger partial charge is 0.488 e. The number of fused-ring (bicyclic) bond motifs is 1. The molecule has 2 rings (SSSR count). The van der Waals surface area contributed by atoms with Gasteiger partial charge in [-0.25, -0.2) is 0 Å². The number of amides is 2. The molecule has 0 spiro atoms. The van der Waals surface area contributed by atoms with E-state index in [4.69, 9.17) is 4.74 Å². The zero-order valence-electron chi connectivity index (χ0n) is 13.7. The topological polar surface area (TPSA) is 49.9 Å². The van der Waals surface area contributed by atoms with E-state index in [1.54, 1.807) is 23.8 Å². The highest BCUT2D eigenvalue weighted by molar-refractivity contribution is 5.79. The molecule has 1 heterocycles. The maximum absolute atomic E-state index is 12.3. The van der Waals surface area contributed by atoms with Crippen LogP contribution in [0.3, 0.4) is 0 Å². The lowest BCUT2D eigenvalue weighted by molar-refractivity contribution is -0.131. The number of benzene rings is 1. The third-order valence-corrected chi connectivity index (χ3v) is 4.21. The first-order chi connectivity index (χ1) is 10.4. The van der Waals surface area contributed by atoms with Crippen LogP contribution in [0.5, 0.6) is 5.75 Å². The number of para-hydroxylation sites is 1. The van der Waals surface area contributed by atoms with Gasteiger partial charge in [-0.3, -0.25) is 9.59 Å². The molecule has 1 aromatic carbocycles. The van der Waals surface area contributed by atoms with Gasteiger partial charge in [0.25, 0.3) is 0 Å². The van der Waals surface area contributed by atoms with Crippen molar-refractivity contribution in [3.63, 3.8) is 0 Å². The molecular weight excluding hydrogens is 280 g/mol. The van der Waals surface area contributed by atoms with Crippen molar-refractivity contribution in [3.8, 4) is 5.75 Å². The zero-order chi connectivity index (χ0) is 16.3. The normalized spacial score (nSPS) is 22.0. The van der Waals surface area contributed by atoms with Gasteiger partial charge in [0.1, 0.15) is 11.9 Å². The van der Waals surface area contributed by atoms with Gasteiger partial charge in [0.15, 0.2) is 0 Å². The van der Waals surface area contributed by atoms with Gasteiger partial charge in [0.2, 0.25) is 11.8 Å². The molecule has 0 aromatic heterocycles. The third-order valence-electron chi connectivity index (χ3n) is 4.21. The first-order valence-electron chi connectivity index (χ1n) is 7.58. The molecule has 1 aromatic rings. The third kappa shape index (κ3) is 3.78. The summed E-state index contributed by atoms with van der Waals surface area (Å²) in [5.74, 6) is 0.957. The molecule has 2 atom stereocenters. The van der Waals surface area contributed by atoms with Gasteiger partial charge >= 0.3 is 0 Å². The maximum Gasteiger partial charge on any atom is 0.226 e. The Balaban J connectivity index is 2.30. The SMILES string of the molecule is CC(=O)N(C)C[C@@H]1Oc2ccccc2CC(=O)N(C)C[C@H]1C.